The number of carbonyl (C=O) groups is 1. The highest BCUT2D eigenvalue weighted by Gasteiger charge is 2.32. The van der Waals surface area contributed by atoms with Gasteiger partial charge in [-0.3, -0.25) is 9.69 Å². The van der Waals surface area contributed by atoms with Crippen molar-refractivity contribution in [3.8, 4) is 5.75 Å². The van der Waals surface area contributed by atoms with Crippen molar-refractivity contribution < 1.29 is 13.9 Å². The highest BCUT2D eigenvalue weighted by atomic mass is 19.1. The van der Waals surface area contributed by atoms with Gasteiger partial charge in [-0.05, 0) is 56.2 Å². The first-order valence-electron chi connectivity index (χ1n) is 9.60. The fourth-order valence-corrected chi connectivity index (χ4v) is 3.61. The van der Waals surface area contributed by atoms with E-state index in [9.17, 15) is 9.18 Å². The van der Waals surface area contributed by atoms with Crippen molar-refractivity contribution >= 4 is 11.6 Å². The van der Waals surface area contributed by atoms with Crippen LogP contribution >= 0.6 is 0 Å². The summed E-state index contributed by atoms with van der Waals surface area (Å²) < 4.78 is 18.8. The van der Waals surface area contributed by atoms with Gasteiger partial charge in [0.2, 0.25) is 0 Å². The summed E-state index contributed by atoms with van der Waals surface area (Å²) in [6, 6.07) is 12.4. The molecule has 5 nitrogen and oxygen atoms in total. The van der Waals surface area contributed by atoms with Crippen LogP contribution in [0.25, 0.3) is 0 Å². The minimum Gasteiger partial charge on any atom is -0.482 e. The fourth-order valence-electron chi connectivity index (χ4n) is 3.61. The van der Waals surface area contributed by atoms with Gasteiger partial charge < -0.3 is 15.4 Å². The van der Waals surface area contributed by atoms with E-state index >= 15 is 0 Å². The normalized spacial score (nSPS) is 20.2. The van der Waals surface area contributed by atoms with Crippen LogP contribution in [0, 0.1) is 12.7 Å². The third-order valence-electron chi connectivity index (χ3n) is 5.25. The number of nitrogens with zero attached hydrogens (tertiary/aromatic N) is 2. The van der Waals surface area contributed by atoms with Crippen molar-refractivity contribution in [2.75, 3.05) is 25.4 Å². The van der Waals surface area contributed by atoms with E-state index in [2.05, 4.69) is 11.8 Å². The summed E-state index contributed by atoms with van der Waals surface area (Å²) >= 11 is 0. The van der Waals surface area contributed by atoms with E-state index in [-0.39, 0.29) is 30.4 Å². The van der Waals surface area contributed by atoms with Crippen molar-refractivity contribution in [3.05, 3.63) is 59.4 Å². The first-order chi connectivity index (χ1) is 13.3. The van der Waals surface area contributed by atoms with E-state index in [1.54, 1.807) is 6.07 Å². The van der Waals surface area contributed by atoms with Gasteiger partial charge in [-0.1, -0.05) is 18.2 Å². The van der Waals surface area contributed by atoms with E-state index in [1.165, 1.54) is 12.1 Å². The number of piperazine rings is 1. The molecule has 3 rings (SSSR count). The molecule has 6 heteroatoms. The number of hydrogen-bond acceptors (Lipinski definition) is 4. The molecule has 1 fully saturated rings. The van der Waals surface area contributed by atoms with Crippen LogP contribution in [-0.4, -0.2) is 47.5 Å². The summed E-state index contributed by atoms with van der Waals surface area (Å²) in [6.45, 7) is 8.22. The molecule has 2 atom stereocenters. The number of benzene rings is 2. The standard InChI is InChI=1S/C22H28FN3O2/c1-15-4-9-21(20(24)10-15)28-14-22(27)26-12-16(2)25(11-17(26)3)13-18-5-7-19(23)8-6-18/h4-10,16-17H,11-14,24H2,1-3H3/t16-,17+/m0/s1. The average molecular weight is 385 g/mol. The monoisotopic (exact) mass is 385 g/mol. The summed E-state index contributed by atoms with van der Waals surface area (Å²) in [5.74, 6) is 0.269. The van der Waals surface area contributed by atoms with Crippen LogP contribution in [0.4, 0.5) is 10.1 Å². The number of aryl methyl sites for hydroxylation is 1. The number of hydrogen-bond donors (Lipinski definition) is 1. The van der Waals surface area contributed by atoms with Crippen LogP contribution in [0.5, 0.6) is 5.75 Å². The Labute approximate surface area is 165 Å². The van der Waals surface area contributed by atoms with Crippen molar-refractivity contribution in [2.24, 2.45) is 0 Å². The Kier molecular flexibility index (Phi) is 6.19. The quantitative estimate of drug-likeness (QED) is 0.803. The predicted molar refractivity (Wildman–Crippen MR) is 109 cm³/mol. The van der Waals surface area contributed by atoms with Gasteiger partial charge in [0.1, 0.15) is 11.6 Å². The largest absolute Gasteiger partial charge is 0.482 e. The number of carbonyl (C=O) groups excluding carboxylic acids is 1. The van der Waals surface area contributed by atoms with Gasteiger partial charge in [-0.2, -0.15) is 0 Å². The van der Waals surface area contributed by atoms with Gasteiger partial charge >= 0.3 is 0 Å². The second kappa shape index (κ2) is 8.61. The molecule has 0 aliphatic carbocycles. The molecule has 1 amide bonds. The van der Waals surface area contributed by atoms with E-state index < -0.39 is 0 Å². The van der Waals surface area contributed by atoms with E-state index in [0.29, 0.717) is 18.0 Å². The highest BCUT2D eigenvalue weighted by Crippen LogP contribution is 2.23. The molecular formula is C22H28FN3O2. The molecule has 1 aliphatic rings. The van der Waals surface area contributed by atoms with E-state index in [0.717, 1.165) is 24.2 Å². The number of amides is 1. The first-order valence-corrected chi connectivity index (χ1v) is 9.60. The Morgan fingerprint density at radius 1 is 1.14 bits per heavy atom. The highest BCUT2D eigenvalue weighted by molar-refractivity contribution is 5.78. The molecule has 150 valence electrons. The van der Waals surface area contributed by atoms with Crippen LogP contribution in [0.3, 0.4) is 0 Å². The zero-order chi connectivity index (χ0) is 20.3. The van der Waals surface area contributed by atoms with Gasteiger partial charge in [-0.15, -0.1) is 0 Å². The fraction of sp³-hybridized carbons (Fsp3) is 0.409. The van der Waals surface area contributed by atoms with Crippen LogP contribution in [0.2, 0.25) is 0 Å². The summed E-state index contributed by atoms with van der Waals surface area (Å²) in [7, 11) is 0. The lowest BCUT2D eigenvalue weighted by atomic mass is 10.1. The van der Waals surface area contributed by atoms with Crippen LogP contribution in [0.1, 0.15) is 25.0 Å². The molecule has 0 bridgehead atoms. The molecule has 0 aromatic heterocycles. The van der Waals surface area contributed by atoms with Crippen molar-refractivity contribution in [1.82, 2.24) is 9.80 Å². The van der Waals surface area contributed by atoms with Crippen molar-refractivity contribution in [1.29, 1.82) is 0 Å². The molecule has 0 unspecified atom stereocenters. The van der Waals surface area contributed by atoms with Crippen LogP contribution < -0.4 is 10.5 Å². The molecule has 0 saturated carbocycles. The molecule has 28 heavy (non-hydrogen) atoms. The number of rotatable bonds is 5. The average Bonchev–Trinajstić information content (AvgIpc) is 2.65. The van der Waals surface area contributed by atoms with Crippen molar-refractivity contribution in [3.63, 3.8) is 0 Å². The molecule has 1 heterocycles. The lowest BCUT2D eigenvalue weighted by Gasteiger charge is -2.44. The van der Waals surface area contributed by atoms with Crippen LogP contribution in [0.15, 0.2) is 42.5 Å². The molecular weight excluding hydrogens is 357 g/mol. The maximum atomic E-state index is 13.1. The lowest BCUT2D eigenvalue weighted by molar-refractivity contribution is -0.139. The number of anilines is 1. The third kappa shape index (κ3) is 4.81. The maximum absolute atomic E-state index is 13.1. The Morgan fingerprint density at radius 2 is 1.86 bits per heavy atom. The van der Waals surface area contributed by atoms with E-state index in [4.69, 9.17) is 10.5 Å². The minimum absolute atomic E-state index is 0.0255. The molecule has 2 aromatic carbocycles. The van der Waals surface area contributed by atoms with Gasteiger partial charge in [0.15, 0.2) is 6.61 Å². The molecule has 2 N–H and O–H groups in total. The second-order valence-electron chi connectivity index (χ2n) is 7.63. The smallest absolute Gasteiger partial charge is 0.260 e. The SMILES string of the molecule is Cc1ccc(OCC(=O)N2C[C@H](C)N(Cc3ccc(F)cc3)C[C@H]2C)c(N)c1. The van der Waals surface area contributed by atoms with Gasteiger partial charge in [0.25, 0.3) is 5.91 Å². The molecule has 1 aliphatic heterocycles. The van der Waals surface area contributed by atoms with E-state index in [1.807, 2.05) is 43.0 Å². The third-order valence-corrected chi connectivity index (χ3v) is 5.25. The summed E-state index contributed by atoms with van der Waals surface area (Å²) in [6.07, 6.45) is 0. The number of halogens is 1. The predicted octanol–water partition coefficient (Wildman–Crippen LogP) is 3.22. The Balaban J connectivity index is 1.57. The second-order valence-corrected chi connectivity index (χ2v) is 7.63. The first kappa shape index (κ1) is 20.1. The summed E-state index contributed by atoms with van der Waals surface area (Å²) in [4.78, 5) is 16.9. The molecule has 2 aromatic rings. The molecule has 0 spiro atoms. The van der Waals surface area contributed by atoms with Gasteiger partial charge in [0.05, 0.1) is 5.69 Å². The molecule has 0 radical (unpaired) electrons. The Bertz CT molecular complexity index is 825. The Morgan fingerprint density at radius 3 is 2.54 bits per heavy atom. The van der Waals surface area contributed by atoms with Crippen LogP contribution in [-0.2, 0) is 11.3 Å². The van der Waals surface area contributed by atoms with Gasteiger partial charge in [0, 0.05) is 31.7 Å². The number of nitrogens with two attached hydrogens (primary N) is 1. The zero-order valence-electron chi connectivity index (χ0n) is 16.7. The maximum Gasteiger partial charge on any atom is 0.260 e. The molecule has 1 saturated heterocycles. The summed E-state index contributed by atoms with van der Waals surface area (Å²) in [5.41, 5.74) is 8.62. The topological polar surface area (TPSA) is 58.8 Å². The number of ether oxygens (including phenoxy) is 1. The number of nitrogen functional groups attached to an aromatic ring is 1. The zero-order valence-corrected chi connectivity index (χ0v) is 16.7. The minimum atomic E-state index is -0.227. The summed E-state index contributed by atoms with van der Waals surface area (Å²) in [5, 5.41) is 0. The Hall–Kier alpha value is -2.60. The van der Waals surface area contributed by atoms with Crippen molar-refractivity contribution in [2.45, 2.75) is 39.4 Å². The lowest BCUT2D eigenvalue weighted by Crippen LogP contribution is -2.58. The van der Waals surface area contributed by atoms with Gasteiger partial charge in [-0.25, -0.2) is 4.39 Å².